The summed E-state index contributed by atoms with van der Waals surface area (Å²) in [5, 5.41) is 14.1. The highest BCUT2D eigenvalue weighted by atomic mass is 16.3. The van der Waals surface area contributed by atoms with Crippen LogP contribution < -0.4 is 5.32 Å². The van der Waals surface area contributed by atoms with Crippen LogP contribution >= 0.6 is 0 Å². The molecule has 0 spiro atoms. The summed E-state index contributed by atoms with van der Waals surface area (Å²) in [5.74, 6) is 0. The largest absolute Gasteiger partial charge is 0.391 e. The van der Waals surface area contributed by atoms with E-state index in [0.29, 0.717) is 0 Å². The van der Waals surface area contributed by atoms with Crippen LogP contribution in [0.4, 0.5) is 0 Å². The standard InChI is InChI=1S/C21H27NO/c23-21-16-19-12-5-4-11-18(19)13-14-20(21)22-15-7-6-10-17-8-2-1-3-9-17/h1-5,8-9,11-12,20-23H,6-7,10,13-16H2. The van der Waals surface area contributed by atoms with Crippen LogP contribution in [0.15, 0.2) is 54.6 Å². The predicted octanol–water partition coefficient (Wildman–Crippen LogP) is 3.52. The number of aliphatic hydroxyl groups is 1. The maximum atomic E-state index is 10.5. The Balaban J connectivity index is 1.41. The molecule has 2 aromatic rings. The van der Waals surface area contributed by atoms with Crippen molar-refractivity contribution in [1.82, 2.24) is 5.32 Å². The van der Waals surface area contributed by atoms with Gasteiger partial charge in [0.2, 0.25) is 0 Å². The molecule has 0 fully saturated rings. The van der Waals surface area contributed by atoms with Crippen molar-refractivity contribution in [2.45, 2.75) is 50.7 Å². The summed E-state index contributed by atoms with van der Waals surface area (Å²) >= 11 is 0. The number of benzene rings is 2. The van der Waals surface area contributed by atoms with E-state index in [9.17, 15) is 5.11 Å². The second kappa shape index (κ2) is 8.28. The van der Waals surface area contributed by atoms with Gasteiger partial charge in [-0.25, -0.2) is 0 Å². The number of hydrogen-bond acceptors (Lipinski definition) is 2. The highest BCUT2D eigenvalue weighted by Crippen LogP contribution is 2.21. The number of fused-ring (bicyclic) bond motifs is 1. The number of unbranched alkanes of at least 4 members (excludes halogenated alkanes) is 1. The first-order valence-corrected chi connectivity index (χ1v) is 8.85. The minimum absolute atomic E-state index is 0.221. The smallest absolute Gasteiger partial charge is 0.0733 e. The molecule has 0 aromatic heterocycles. The Bertz CT molecular complexity index is 596. The van der Waals surface area contributed by atoms with E-state index in [1.54, 1.807) is 0 Å². The van der Waals surface area contributed by atoms with Gasteiger partial charge in [0, 0.05) is 12.5 Å². The first-order chi connectivity index (χ1) is 11.3. The lowest BCUT2D eigenvalue weighted by molar-refractivity contribution is 0.126. The molecule has 1 aliphatic rings. The zero-order valence-corrected chi connectivity index (χ0v) is 13.7. The van der Waals surface area contributed by atoms with Gasteiger partial charge in [-0.05, 0) is 55.3 Å². The molecule has 0 saturated carbocycles. The summed E-state index contributed by atoms with van der Waals surface area (Å²) in [5.41, 5.74) is 4.13. The van der Waals surface area contributed by atoms with Gasteiger partial charge in [-0.15, -0.1) is 0 Å². The number of aryl methyl sites for hydroxylation is 2. The Kier molecular flexibility index (Phi) is 5.84. The molecule has 3 rings (SSSR count). The van der Waals surface area contributed by atoms with E-state index in [1.807, 2.05) is 0 Å². The molecule has 0 aliphatic heterocycles. The predicted molar refractivity (Wildman–Crippen MR) is 95.6 cm³/mol. The molecule has 1 aliphatic carbocycles. The number of rotatable bonds is 6. The lowest BCUT2D eigenvalue weighted by atomic mass is 10.0. The van der Waals surface area contributed by atoms with E-state index in [-0.39, 0.29) is 12.1 Å². The Hall–Kier alpha value is -1.64. The fourth-order valence-electron chi connectivity index (χ4n) is 3.50. The maximum Gasteiger partial charge on any atom is 0.0733 e. The molecule has 0 bridgehead atoms. The summed E-state index contributed by atoms with van der Waals surface area (Å²) in [6.45, 7) is 0.991. The van der Waals surface area contributed by atoms with Crippen LogP contribution in [0.3, 0.4) is 0 Å². The summed E-state index contributed by atoms with van der Waals surface area (Å²) in [4.78, 5) is 0. The normalized spacial score (nSPS) is 20.7. The average molecular weight is 309 g/mol. The third-order valence-electron chi connectivity index (χ3n) is 4.88. The van der Waals surface area contributed by atoms with Crippen LogP contribution in [-0.4, -0.2) is 23.8 Å². The van der Waals surface area contributed by atoms with Crippen molar-refractivity contribution in [3.8, 4) is 0 Å². The Labute approximate surface area is 139 Å². The van der Waals surface area contributed by atoms with E-state index in [2.05, 4.69) is 59.9 Å². The van der Waals surface area contributed by atoms with Gasteiger partial charge in [0.25, 0.3) is 0 Å². The molecule has 23 heavy (non-hydrogen) atoms. The first-order valence-electron chi connectivity index (χ1n) is 8.85. The second-order valence-corrected chi connectivity index (χ2v) is 6.58. The zero-order chi connectivity index (χ0) is 15.9. The summed E-state index contributed by atoms with van der Waals surface area (Å²) in [7, 11) is 0. The van der Waals surface area contributed by atoms with Crippen LogP contribution in [-0.2, 0) is 19.3 Å². The molecule has 0 heterocycles. The lowest BCUT2D eigenvalue weighted by Crippen LogP contribution is -2.40. The molecule has 2 heteroatoms. The van der Waals surface area contributed by atoms with Crippen molar-refractivity contribution in [3.05, 3.63) is 71.3 Å². The Morgan fingerprint density at radius 3 is 2.48 bits per heavy atom. The monoisotopic (exact) mass is 309 g/mol. The fourth-order valence-corrected chi connectivity index (χ4v) is 3.50. The van der Waals surface area contributed by atoms with E-state index < -0.39 is 0 Å². The molecule has 2 aromatic carbocycles. The quantitative estimate of drug-likeness (QED) is 0.632. The highest BCUT2D eigenvalue weighted by molar-refractivity contribution is 5.29. The van der Waals surface area contributed by atoms with Crippen LogP contribution in [0.1, 0.15) is 36.0 Å². The zero-order valence-electron chi connectivity index (χ0n) is 13.7. The van der Waals surface area contributed by atoms with Gasteiger partial charge in [-0.2, -0.15) is 0 Å². The van der Waals surface area contributed by atoms with Gasteiger partial charge in [0.15, 0.2) is 0 Å². The maximum absolute atomic E-state index is 10.5. The van der Waals surface area contributed by atoms with Crippen LogP contribution in [0.5, 0.6) is 0 Å². The van der Waals surface area contributed by atoms with E-state index in [0.717, 1.165) is 38.6 Å². The van der Waals surface area contributed by atoms with Crippen molar-refractivity contribution >= 4 is 0 Å². The van der Waals surface area contributed by atoms with Crippen LogP contribution in [0.2, 0.25) is 0 Å². The minimum atomic E-state index is -0.271. The average Bonchev–Trinajstić information content (AvgIpc) is 2.74. The summed E-state index contributed by atoms with van der Waals surface area (Å²) in [6, 6.07) is 19.4. The van der Waals surface area contributed by atoms with Crippen molar-refractivity contribution in [2.75, 3.05) is 6.54 Å². The Morgan fingerprint density at radius 2 is 1.65 bits per heavy atom. The van der Waals surface area contributed by atoms with Gasteiger partial charge < -0.3 is 10.4 Å². The molecule has 2 N–H and O–H groups in total. The van der Waals surface area contributed by atoms with E-state index in [1.165, 1.54) is 23.1 Å². The summed E-state index contributed by atoms with van der Waals surface area (Å²) in [6.07, 6.45) is 6.09. The number of hydrogen-bond donors (Lipinski definition) is 2. The minimum Gasteiger partial charge on any atom is -0.391 e. The molecular weight excluding hydrogens is 282 g/mol. The second-order valence-electron chi connectivity index (χ2n) is 6.58. The topological polar surface area (TPSA) is 32.3 Å². The SMILES string of the molecule is OC1Cc2ccccc2CCC1NCCCCc1ccccc1. The number of aliphatic hydroxyl groups excluding tert-OH is 1. The van der Waals surface area contributed by atoms with Gasteiger partial charge in [-0.1, -0.05) is 54.6 Å². The van der Waals surface area contributed by atoms with E-state index >= 15 is 0 Å². The highest BCUT2D eigenvalue weighted by Gasteiger charge is 2.23. The molecule has 122 valence electrons. The fraction of sp³-hybridized carbons (Fsp3) is 0.429. The van der Waals surface area contributed by atoms with Crippen molar-refractivity contribution in [2.24, 2.45) is 0 Å². The molecular formula is C21H27NO. The molecule has 2 nitrogen and oxygen atoms in total. The van der Waals surface area contributed by atoms with Crippen LogP contribution in [0, 0.1) is 0 Å². The molecule has 2 unspecified atom stereocenters. The summed E-state index contributed by atoms with van der Waals surface area (Å²) < 4.78 is 0. The first kappa shape index (κ1) is 16.2. The van der Waals surface area contributed by atoms with Crippen molar-refractivity contribution in [1.29, 1.82) is 0 Å². The van der Waals surface area contributed by atoms with Crippen molar-refractivity contribution < 1.29 is 5.11 Å². The third kappa shape index (κ3) is 4.66. The third-order valence-corrected chi connectivity index (χ3v) is 4.88. The van der Waals surface area contributed by atoms with Gasteiger partial charge in [0.1, 0.15) is 0 Å². The molecule has 0 radical (unpaired) electrons. The van der Waals surface area contributed by atoms with Crippen LogP contribution in [0.25, 0.3) is 0 Å². The van der Waals surface area contributed by atoms with E-state index in [4.69, 9.17) is 0 Å². The molecule has 2 atom stereocenters. The lowest BCUT2D eigenvalue weighted by Gasteiger charge is -2.22. The molecule has 0 saturated heterocycles. The van der Waals surface area contributed by atoms with Gasteiger partial charge in [-0.3, -0.25) is 0 Å². The molecule has 0 amide bonds. The van der Waals surface area contributed by atoms with Gasteiger partial charge >= 0.3 is 0 Å². The Morgan fingerprint density at radius 1 is 0.913 bits per heavy atom. The van der Waals surface area contributed by atoms with Gasteiger partial charge in [0.05, 0.1) is 6.10 Å². The number of nitrogens with one attached hydrogen (secondary N) is 1. The van der Waals surface area contributed by atoms with Crippen molar-refractivity contribution in [3.63, 3.8) is 0 Å².